The van der Waals surface area contributed by atoms with Gasteiger partial charge in [0.15, 0.2) is 0 Å². The van der Waals surface area contributed by atoms with Gasteiger partial charge in [-0.2, -0.15) is 0 Å². The van der Waals surface area contributed by atoms with E-state index < -0.39 is 12.1 Å². The SMILES string of the molecule is Nc1c(Cl)cccc1C(=O)N[C@@H]1c2ccccc2C[C@@H]1O. The zero-order valence-corrected chi connectivity index (χ0v) is 12.0. The molecule has 0 aromatic heterocycles. The molecule has 2 aromatic rings. The Morgan fingerprint density at radius 2 is 2.00 bits per heavy atom. The maximum atomic E-state index is 12.4. The lowest BCUT2D eigenvalue weighted by Crippen LogP contribution is -2.34. The maximum Gasteiger partial charge on any atom is 0.253 e. The number of rotatable bonds is 2. The van der Waals surface area contributed by atoms with E-state index in [9.17, 15) is 9.90 Å². The first-order valence-electron chi connectivity index (χ1n) is 6.68. The second-order valence-corrected chi connectivity index (χ2v) is 5.53. The number of nitrogen functional groups attached to an aromatic ring is 1. The van der Waals surface area contributed by atoms with Gasteiger partial charge in [-0.15, -0.1) is 0 Å². The Kier molecular flexibility index (Phi) is 3.57. The van der Waals surface area contributed by atoms with Crippen molar-refractivity contribution >= 4 is 23.2 Å². The van der Waals surface area contributed by atoms with Gasteiger partial charge in [-0.1, -0.05) is 41.9 Å². The summed E-state index contributed by atoms with van der Waals surface area (Å²) in [4.78, 5) is 12.4. The van der Waals surface area contributed by atoms with E-state index in [-0.39, 0.29) is 11.6 Å². The van der Waals surface area contributed by atoms with Gasteiger partial charge in [0.05, 0.1) is 28.4 Å². The molecule has 2 atom stereocenters. The monoisotopic (exact) mass is 302 g/mol. The molecule has 4 N–H and O–H groups in total. The van der Waals surface area contributed by atoms with Crippen LogP contribution in [0.2, 0.25) is 5.02 Å². The summed E-state index contributed by atoms with van der Waals surface area (Å²) in [5.41, 5.74) is 8.39. The average Bonchev–Trinajstić information content (AvgIpc) is 2.78. The molecule has 5 heteroatoms. The predicted molar refractivity (Wildman–Crippen MR) is 82.2 cm³/mol. The Labute approximate surface area is 127 Å². The summed E-state index contributed by atoms with van der Waals surface area (Å²) in [5.74, 6) is -0.337. The number of benzene rings is 2. The van der Waals surface area contributed by atoms with E-state index in [1.54, 1.807) is 18.2 Å². The number of para-hydroxylation sites is 1. The number of anilines is 1. The van der Waals surface area contributed by atoms with Crippen LogP contribution < -0.4 is 11.1 Å². The molecular weight excluding hydrogens is 288 g/mol. The summed E-state index contributed by atoms with van der Waals surface area (Å²) in [6.45, 7) is 0. The van der Waals surface area contributed by atoms with E-state index in [4.69, 9.17) is 17.3 Å². The first-order chi connectivity index (χ1) is 10.1. The van der Waals surface area contributed by atoms with Crippen molar-refractivity contribution in [1.82, 2.24) is 5.32 Å². The standard InChI is InChI=1S/C16H15ClN2O2/c17-12-7-3-6-11(14(12)18)16(21)19-15-10-5-2-1-4-9(10)8-13(15)20/h1-7,13,15,20H,8,18H2,(H,19,21)/t13-,15+/m0/s1. The van der Waals surface area contributed by atoms with Crippen molar-refractivity contribution < 1.29 is 9.90 Å². The number of aliphatic hydroxyl groups excluding tert-OH is 1. The molecule has 0 bridgehead atoms. The Morgan fingerprint density at radius 1 is 1.24 bits per heavy atom. The molecule has 21 heavy (non-hydrogen) atoms. The molecule has 0 radical (unpaired) electrons. The fourth-order valence-electron chi connectivity index (χ4n) is 2.70. The summed E-state index contributed by atoms with van der Waals surface area (Å²) < 4.78 is 0. The van der Waals surface area contributed by atoms with Crippen molar-refractivity contribution in [2.75, 3.05) is 5.73 Å². The van der Waals surface area contributed by atoms with Gasteiger partial charge in [0.1, 0.15) is 0 Å². The van der Waals surface area contributed by atoms with Crippen molar-refractivity contribution in [1.29, 1.82) is 0 Å². The predicted octanol–water partition coefficient (Wildman–Crippen LogP) is 2.31. The van der Waals surface area contributed by atoms with Gasteiger partial charge < -0.3 is 16.2 Å². The van der Waals surface area contributed by atoms with E-state index in [0.717, 1.165) is 11.1 Å². The number of fused-ring (bicyclic) bond motifs is 1. The highest BCUT2D eigenvalue weighted by Gasteiger charge is 2.32. The van der Waals surface area contributed by atoms with Gasteiger partial charge in [-0.3, -0.25) is 4.79 Å². The van der Waals surface area contributed by atoms with Crippen LogP contribution in [-0.4, -0.2) is 17.1 Å². The van der Waals surface area contributed by atoms with E-state index in [0.29, 0.717) is 17.0 Å². The first kappa shape index (κ1) is 13.9. The molecule has 0 unspecified atom stereocenters. The van der Waals surface area contributed by atoms with Gasteiger partial charge >= 0.3 is 0 Å². The van der Waals surface area contributed by atoms with E-state index >= 15 is 0 Å². The van der Waals surface area contributed by atoms with Crippen molar-refractivity contribution in [3.8, 4) is 0 Å². The highest BCUT2D eigenvalue weighted by Crippen LogP contribution is 2.32. The van der Waals surface area contributed by atoms with Gasteiger partial charge in [0.2, 0.25) is 0 Å². The smallest absolute Gasteiger partial charge is 0.253 e. The number of nitrogens with one attached hydrogen (secondary N) is 1. The summed E-state index contributed by atoms with van der Waals surface area (Å²) in [6, 6.07) is 12.2. The summed E-state index contributed by atoms with van der Waals surface area (Å²) >= 11 is 5.93. The zero-order chi connectivity index (χ0) is 15.0. The molecule has 0 aliphatic heterocycles. The highest BCUT2D eigenvalue weighted by molar-refractivity contribution is 6.33. The topological polar surface area (TPSA) is 75.4 Å². The van der Waals surface area contributed by atoms with Crippen LogP contribution in [0.5, 0.6) is 0 Å². The minimum Gasteiger partial charge on any atom is -0.397 e. The molecule has 0 heterocycles. The van der Waals surface area contributed by atoms with Crippen LogP contribution in [0.15, 0.2) is 42.5 Å². The number of hydrogen-bond donors (Lipinski definition) is 3. The molecular formula is C16H15ClN2O2. The molecule has 1 amide bonds. The Bertz CT molecular complexity index is 702. The van der Waals surface area contributed by atoms with Crippen molar-refractivity contribution in [2.24, 2.45) is 0 Å². The first-order valence-corrected chi connectivity index (χ1v) is 7.06. The number of hydrogen-bond acceptors (Lipinski definition) is 3. The quantitative estimate of drug-likeness (QED) is 0.745. The molecule has 3 rings (SSSR count). The third kappa shape index (κ3) is 2.48. The third-order valence-electron chi connectivity index (χ3n) is 3.79. The summed E-state index contributed by atoms with van der Waals surface area (Å²) in [7, 11) is 0. The Hall–Kier alpha value is -2.04. The van der Waals surface area contributed by atoms with Gasteiger partial charge in [-0.05, 0) is 23.3 Å². The summed E-state index contributed by atoms with van der Waals surface area (Å²) in [5, 5.41) is 13.3. The average molecular weight is 303 g/mol. The molecule has 1 aliphatic rings. The van der Waals surface area contributed by atoms with Crippen LogP contribution in [0, 0.1) is 0 Å². The molecule has 1 aliphatic carbocycles. The minimum absolute atomic E-state index is 0.248. The lowest BCUT2D eigenvalue weighted by atomic mass is 10.1. The van der Waals surface area contributed by atoms with Crippen LogP contribution >= 0.6 is 11.6 Å². The maximum absolute atomic E-state index is 12.4. The Balaban J connectivity index is 1.87. The third-order valence-corrected chi connectivity index (χ3v) is 4.12. The van der Waals surface area contributed by atoms with Gasteiger partial charge in [0.25, 0.3) is 5.91 Å². The lowest BCUT2D eigenvalue weighted by molar-refractivity contribution is 0.0859. The minimum atomic E-state index is -0.633. The number of amides is 1. The number of carbonyl (C=O) groups is 1. The van der Waals surface area contributed by atoms with E-state index in [1.807, 2.05) is 24.3 Å². The number of halogens is 1. The lowest BCUT2D eigenvalue weighted by Gasteiger charge is -2.18. The number of aliphatic hydroxyl groups is 1. The molecule has 0 saturated heterocycles. The van der Waals surface area contributed by atoms with Crippen LogP contribution in [0.1, 0.15) is 27.5 Å². The van der Waals surface area contributed by atoms with Crippen molar-refractivity contribution in [2.45, 2.75) is 18.6 Å². The molecule has 0 fully saturated rings. The molecule has 108 valence electrons. The van der Waals surface area contributed by atoms with Crippen molar-refractivity contribution in [3.05, 3.63) is 64.2 Å². The van der Waals surface area contributed by atoms with Gasteiger partial charge in [-0.25, -0.2) is 0 Å². The largest absolute Gasteiger partial charge is 0.397 e. The zero-order valence-electron chi connectivity index (χ0n) is 11.2. The summed E-state index contributed by atoms with van der Waals surface area (Å²) in [6.07, 6.45) is -0.0988. The van der Waals surface area contributed by atoms with Crippen LogP contribution in [-0.2, 0) is 6.42 Å². The molecule has 0 spiro atoms. The van der Waals surface area contributed by atoms with E-state index in [1.165, 1.54) is 0 Å². The van der Waals surface area contributed by atoms with Crippen molar-refractivity contribution in [3.63, 3.8) is 0 Å². The fraction of sp³-hybridized carbons (Fsp3) is 0.188. The van der Waals surface area contributed by atoms with Crippen LogP contribution in [0.25, 0.3) is 0 Å². The second-order valence-electron chi connectivity index (χ2n) is 5.12. The Morgan fingerprint density at radius 3 is 2.81 bits per heavy atom. The van der Waals surface area contributed by atoms with E-state index in [2.05, 4.69) is 5.32 Å². The van der Waals surface area contributed by atoms with Crippen LogP contribution in [0.4, 0.5) is 5.69 Å². The fourth-order valence-corrected chi connectivity index (χ4v) is 2.88. The van der Waals surface area contributed by atoms with Gasteiger partial charge in [0, 0.05) is 6.42 Å². The second kappa shape index (κ2) is 5.39. The van der Waals surface area contributed by atoms with Crippen LogP contribution in [0.3, 0.4) is 0 Å². The highest BCUT2D eigenvalue weighted by atomic mass is 35.5. The number of carbonyl (C=O) groups excluding carboxylic acids is 1. The molecule has 0 saturated carbocycles. The number of nitrogens with two attached hydrogens (primary N) is 1. The molecule has 4 nitrogen and oxygen atoms in total. The molecule has 2 aromatic carbocycles. The normalized spacial score (nSPS) is 20.1.